The number of aromatic nitrogens is 1. The van der Waals surface area contributed by atoms with Crippen molar-refractivity contribution in [2.24, 2.45) is 0 Å². The summed E-state index contributed by atoms with van der Waals surface area (Å²) >= 11 is 1.32. The maximum Gasteiger partial charge on any atom is 0.168 e. The third-order valence-electron chi connectivity index (χ3n) is 1.90. The first-order valence-corrected chi connectivity index (χ1v) is 4.93. The van der Waals surface area contributed by atoms with Crippen molar-refractivity contribution in [1.29, 1.82) is 0 Å². The van der Waals surface area contributed by atoms with E-state index in [1.54, 1.807) is 6.92 Å². The van der Waals surface area contributed by atoms with Crippen molar-refractivity contribution in [3.63, 3.8) is 0 Å². The van der Waals surface area contributed by atoms with Gasteiger partial charge in [0.25, 0.3) is 0 Å². The third kappa shape index (κ3) is 1.84. The summed E-state index contributed by atoms with van der Waals surface area (Å²) in [5.41, 5.74) is -0.799. The number of thiazole rings is 1. The second-order valence-electron chi connectivity index (χ2n) is 3.02. The summed E-state index contributed by atoms with van der Waals surface area (Å²) < 4.78 is 0. The molecule has 1 rings (SSSR count). The van der Waals surface area contributed by atoms with Gasteiger partial charge in [-0.05, 0) is 13.8 Å². The molecule has 0 aliphatic carbocycles. The Bertz CT molecular complexity index is 391. The number of carbonyl (C=O) groups excluding carboxylic acids is 1. The van der Waals surface area contributed by atoms with Crippen LogP contribution in [0.4, 0.5) is 0 Å². The van der Waals surface area contributed by atoms with Gasteiger partial charge < -0.3 is 9.90 Å². The average molecular weight is 209 g/mol. The average Bonchev–Trinajstić information content (AvgIpc) is 2.46. The summed E-state index contributed by atoms with van der Waals surface area (Å²) in [6, 6.07) is 0. The summed E-state index contributed by atoms with van der Waals surface area (Å²) in [4.78, 5) is 15.1. The zero-order valence-corrected chi connectivity index (χ0v) is 8.89. The lowest BCUT2D eigenvalue weighted by Crippen LogP contribution is -2.23. The molecule has 3 nitrogen and oxygen atoms in total. The minimum absolute atomic E-state index is 0.0913. The van der Waals surface area contributed by atoms with E-state index in [1.165, 1.54) is 11.3 Å². The first kappa shape index (κ1) is 10.9. The Kier molecular flexibility index (Phi) is 3.04. The predicted molar refractivity (Wildman–Crippen MR) is 55.0 cm³/mol. The first-order valence-electron chi connectivity index (χ1n) is 4.12. The fourth-order valence-corrected chi connectivity index (χ4v) is 2.24. The molecule has 1 N–H and O–H groups in total. The van der Waals surface area contributed by atoms with Crippen LogP contribution < -0.4 is 0 Å². The summed E-state index contributed by atoms with van der Waals surface area (Å²) in [6.07, 6.45) is 5.75. The molecule has 1 unspecified atom stereocenters. The number of aldehydes is 1. The maximum absolute atomic E-state index is 10.4. The number of terminal acetylenes is 1. The Labute approximate surface area is 86.8 Å². The Balaban J connectivity index is 3.19. The molecule has 1 aromatic rings. The van der Waals surface area contributed by atoms with Gasteiger partial charge in [-0.25, -0.2) is 4.98 Å². The second-order valence-corrected chi connectivity index (χ2v) is 4.23. The lowest BCUT2D eigenvalue weighted by atomic mass is 9.98. The van der Waals surface area contributed by atoms with Crippen molar-refractivity contribution < 1.29 is 9.90 Å². The van der Waals surface area contributed by atoms with Crippen LogP contribution in [0.1, 0.15) is 22.0 Å². The normalized spacial score (nSPS) is 14.4. The standard InChI is InChI=1S/C10H11NO2S/c1-4-10(13,5-6-12)9-7(2)11-8(3)14-9/h1,6,13H,5H2,2-3H3. The lowest BCUT2D eigenvalue weighted by Gasteiger charge is -2.17. The molecule has 0 aliphatic rings. The van der Waals surface area contributed by atoms with Gasteiger partial charge in [0.15, 0.2) is 5.60 Å². The monoisotopic (exact) mass is 209 g/mol. The van der Waals surface area contributed by atoms with Gasteiger partial charge in [-0.2, -0.15) is 0 Å². The summed E-state index contributed by atoms with van der Waals surface area (Å²) in [5.74, 6) is 2.24. The molecule has 0 aliphatic heterocycles. The van der Waals surface area contributed by atoms with E-state index in [9.17, 15) is 9.90 Å². The third-order valence-corrected chi connectivity index (χ3v) is 3.12. The molecule has 74 valence electrons. The second kappa shape index (κ2) is 3.91. The van der Waals surface area contributed by atoms with Crippen molar-refractivity contribution in [3.05, 3.63) is 15.6 Å². The molecular weight excluding hydrogens is 198 g/mol. The van der Waals surface area contributed by atoms with Gasteiger partial charge in [0.2, 0.25) is 0 Å². The van der Waals surface area contributed by atoms with Gasteiger partial charge in [0.05, 0.1) is 15.6 Å². The lowest BCUT2D eigenvalue weighted by molar-refractivity contribution is -0.110. The number of nitrogens with zero attached hydrogens (tertiary/aromatic N) is 1. The van der Waals surface area contributed by atoms with Crippen molar-refractivity contribution in [3.8, 4) is 12.3 Å². The molecule has 0 bridgehead atoms. The number of carbonyl (C=O) groups is 1. The van der Waals surface area contributed by atoms with E-state index in [-0.39, 0.29) is 6.42 Å². The molecule has 1 atom stereocenters. The van der Waals surface area contributed by atoms with Gasteiger partial charge >= 0.3 is 0 Å². The highest BCUT2D eigenvalue weighted by molar-refractivity contribution is 7.11. The highest BCUT2D eigenvalue weighted by Gasteiger charge is 2.30. The van der Waals surface area contributed by atoms with Gasteiger partial charge in [-0.15, -0.1) is 17.8 Å². The molecular formula is C10H11NO2S. The molecule has 0 saturated heterocycles. The van der Waals surface area contributed by atoms with Gasteiger partial charge in [-0.1, -0.05) is 5.92 Å². The highest BCUT2D eigenvalue weighted by Crippen LogP contribution is 2.31. The molecule has 14 heavy (non-hydrogen) atoms. The fraction of sp³-hybridized carbons (Fsp3) is 0.400. The van der Waals surface area contributed by atoms with Crippen molar-refractivity contribution in [2.45, 2.75) is 25.9 Å². The zero-order valence-electron chi connectivity index (χ0n) is 8.07. The Morgan fingerprint density at radius 1 is 1.71 bits per heavy atom. The molecule has 1 aromatic heterocycles. The zero-order chi connectivity index (χ0) is 10.8. The summed E-state index contributed by atoms with van der Waals surface area (Å²) in [6.45, 7) is 3.60. The van der Waals surface area contributed by atoms with E-state index in [2.05, 4.69) is 10.9 Å². The number of aryl methyl sites for hydroxylation is 2. The smallest absolute Gasteiger partial charge is 0.168 e. The van der Waals surface area contributed by atoms with Gasteiger partial charge in [0.1, 0.15) is 6.29 Å². The van der Waals surface area contributed by atoms with Crippen LogP contribution in [-0.2, 0) is 10.4 Å². The van der Waals surface area contributed by atoms with E-state index in [0.29, 0.717) is 16.9 Å². The van der Waals surface area contributed by atoms with Crippen LogP contribution in [0, 0.1) is 26.2 Å². The molecule has 4 heteroatoms. The molecule has 0 fully saturated rings. The minimum Gasteiger partial charge on any atom is -0.372 e. The molecule has 0 amide bonds. The van der Waals surface area contributed by atoms with Gasteiger partial charge in [0, 0.05) is 6.42 Å². The molecule has 1 heterocycles. The molecule has 0 aromatic carbocycles. The van der Waals surface area contributed by atoms with Crippen LogP contribution in [0.15, 0.2) is 0 Å². The van der Waals surface area contributed by atoms with E-state index in [1.807, 2.05) is 6.92 Å². The Morgan fingerprint density at radius 3 is 2.71 bits per heavy atom. The minimum atomic E-state index is -1.49. The van der Waals surface area contributed by atoms with E-state index in [4.69, 9.17) is 6.42 Å². The van der Waals surface area contributed by atoms with Crippen LogP contribution in [-0.4, -0.2) is 16.4 Å². The fourth-order valence-electron chi connectivity index (χ4n) is 1.25. The predicted octanol–water partition coefficient (Wildman–Crippen LogP) is 1.17. The maximum atomic E-state index is 10.4. The molecule has 0 spiro atoms. The van der Waals surface area contributed by atoms with Crippen LogP contribution in [0.5, 0.6) is 0 Å². The van der Waals surface area contributed by atoms with Crippen molar-refractivity contribution in [1.82, 2.24) is 4.98 Å². The van der Waals surface area contributed by atoms with E-state index >= 15 is 0 Å². The number of hydrogen-bond donors (Lipinski definition) is 1. The Hall–Kier alpha value is -1.18. The topological polar surface area (TPSA) is 50.2 Å². The van der Waals surface area contributed by atoms with Crippen molar-refractivity contribution in [2.75, 3.05) is 0 Å². The SMILES string of the molecule is C#CC(O)(CC=O)c1sc(C)nc1C. The van der Waals surface area contributed by atoms with Crippen LogP contribution in [0.25, 0.3) is 0 Å². The van der Waals surface area contributed by atoms with E-state index in [0.717, 1.165) is 5.01 Å². The highest BCUT2D eigenvalue weighted by atomic mass is 32.1. The van der Waals surface area contributed by atoms with E-state index < -0.39 is 5.60 Å². The van der Waals surface area contributed by atoms with Crippen LogP contribution in [0.2, 0.25) is 0 Å². The van der Waals surface area contributed by atoms with Crippen LogP contribution in [0.3, 0.4) is 0 Å². The van der Waals surface area contributed by atoms with Crippen molar-refractivity contribution >= 4 is 17.6 Å². The first-order chi connectivity index (χ1) is 6.53. The number of rotatable bonds is 3. The summed E-state index contributed by atoms with van der Waals surface area (Å²) in [5, 5.41) is 10.8. The quantitative estimate of drug-likeness (QED) is 0.600. The van der Waals surface area contributed by atoms with Crippen LogP contribution >= 0.6 is 11.3 Å². The largest absolute Gasteiger partial charge is 0.372 e. The number of hydrogen-bond acceptors (Lipinski definition) is 4. The summed E-state index contributed by atoms with van der Waals surface area (Å²) in [7, 11) is 0. The van der Waals surface area contributed by atoms with Gasteiger partial charge in [-0.3, -0.25) is 0 Å². The molecule has 0 radical (unpaired) electrons. The molecule has 0 saturated carbocycles. The Morgan fingerprint density at radius 2 is 2.36 bits per heavy atom. The number of aliphatic hydroxyl groups is 1.